The minimum absolute atomic E-state index is 0.135. The third kappa shape index (κ3) is 4.38. The lowest BCUT2D eigenvalue weighted by atomic mass is 10.1. The lowest BCUT2D eigenvalue weighted by Gasteiger charge is -2.09. The van der Waals surface area contributed by atoms with Crippen LogP contribution in [0, 0.1) is 12.7 Å². The number of carbonyl (C=O) groups excluding carboxylic acids is 1. The third-order valence-electron chi connectivity index (χ3n) is 4.23. The summed E-state index contributed by atoms with van der Waals surface area (Å²) in [7, 11) is 0. The van der Waals surface area contributed by atoms with Crippen molar-refractivity contribution in [3.05, 3.63) is 70.8 Å². The number of nitrogens with zero attached hydrogens (tertiary/aromatic N) is 3. The van der Waals surface area contributed by atoms with Gasteiger partial charge in [0.2, 0.25) is 5.88 Å². The van der Waals surface area contributed by atoms with Crippen LogP contribution in [0.15, 0.2) is 53.1 Å². The topological polar surface area (TPSA) is 90.1 Å². The molecule has 0 saturated heterocycles. The van der Waals surface area contributed by atoms with Gasteiger partial charge in [-0.1, -0.05) is 41.0 Å². The van der Waals surface area contributed by atoms with Gasteiger partial charge in [-0.25, -0.2) is 4.39 Å². The molecule has 152 valence electrons. The van der Waals surface area contributed by atoms with Gasteiger partial charge in [-0.3, -0.25) is 4.79 Å². The largest absolute Gasteiger partial charge is 0.467 e. The summed E-state index contributed by atoms with van der Waals surface area (Å²) in [6, 6.07) is 13.1. The van der Waals surface area contributed by atoms with Gasteiger partial charge in [0.25, 0.3) is 11.6 Å². The molecule has 0 bridgehead atoms. The Labute approximate surface area is 175 Å². The Morgan fingerprint density at radius 3 is 2.83 bits per heavy atom. The van der Waals surface area contributed by atoms with Crippen LogP contribution in [-0.4, -0.2) is 27.6 Å². The molecule has 1 amide bonds. The van der Waals surface area contributed by atoms with Crippen LogP contribution in [0.3, 0.4) is 0 Å². The van der Waals surface area contributed by atoms with E-state index >= 15 is 0 Å². The van der Waals surface area contributed by atoms with Crippen molar-refractivity contribution >= 4 is 28.6 Å². The predicted octanol–water partition coefficient (Wildman–Crippen LogP) is 4.08. The number of benzene rings is 2. The molecule has 9 heteroatoms. The number of aromatic nitrogens is 3. The Balaban J connectivity index is 1.53. The molecule has 4 aromatic rings. The van der Waals surface area contributed by atoms with Gasteiger partial charge in [-0.2, -0.15) is 9.97 Å². The molecular formula is C21H16ClFN4O3. The number of fused-ring (bicyclic) bond motifs is 1. The van der Waals surface area contributed by atoms with Gasteiger partial charge < -0.3 is 14.6 Å². The van der Waals surface area contributed by atoms with Crippen LogP contribution in [0.1, 0.15) is 11.4 Å². The van der Waals surface area contributed by atoms with E-state index < -0.39 is 5.82 Å². The number of carbonyl (C=O) groups is 1. The molecule has 30 heavy (non-hydrogen) atoms. The van der Waals surface area contributed by atoms with Gasteiger partial charge in [0.1, 0.15) is 22.7 Å². The molecule has 2 aromatic heterocycles. The quantitative estimate of drug-likeness (QED) is 0.499. The van der Waals surface area contributed by atoms with Crippen molar-refractivity contribution in [2.75, 3.05) is 6.61 Å². The van der Waals surface area contributed by atoms with Crippen molar-refractivity contribution in [2.24, 2.45) is 0 Å². The number of nitrogens with one attached hydrogen (secondary N) is 1. The molecule has 0 aliphatic carbocycles. The van der Waals surface area contributed by atoms with Crippen molar-refractivity contribution in [1.82, 2.24) is 20.4 Å². The second-order valence-corrected chi connectivity index (χ2v) is 6.93. The molecule has 1 N–H and O–H groups in total. The summed E-state index contributed by atoms with van der Waals surface area (Å²) in [5, 5.41) is 7.70. The SMILES string of the molecule is Cc1nc(OCC(=O)NCc2cccc(Cl)c2)c2c(-c3cccc(F)c3)noc2n1. The van der Waals surface area contributed by atoms with Gasteiger partial charge in [-0.15, -0.1) is 0 Å². The van der Waals surface area contributed by atoms with Gasteiger partial charge >= 0.3 is 0 Å². The standard InChI is InChI=1S/C21H16ClFN4O3/c1-12-25-20(29-11-17(28)24-10-13-4-2-6-15(22)8-13)18-19(27-30-21(18)26-12)14-5-3-7-16(23)9-14/h2-9H,10-11H2,1H3,(H,24,28). The number of aryl methyl sites for hydroxylation is 1. The first kappa shape index (κ1) is 19.8. The van der Waals surface area contributed by atoms with Gasteiger partial charge in [0.15, 0.2) is 6.61 Å². The molecule has 0 aliphatic rings. The normalized spacial score (nSPS) is 10.9. The van der Waals surface area contributed by atoms with Gasteiger partial charge in [0, 0.05) is 17.1 Å². The zero-order valence-electron chi connectivity index (χ0n) is 15.9. The van der Waals surface area contributed by atoms with E-state index in [-0.39, 0.29) is 24.1 Å². The Morgan fingerprint density at radius 2 is 2.03 bits per heavy atom. The molecule has 2 aromatic carbocycles. The van der Waals surface area contributed by atoms with Crippen LogP contribution < -0.4 is 10.1 Å². The highest BCUT2D eigenvalue weighted by Crippen LogP contribution is 2.33. The highest BCUT2D eigenvalue weighted by atomic mass is 35.5. The van der Waals surface area contributed by atoms with E-state index in [0.717, 1.165) is 5.56 Å². The summed E-state index contributed by atoms with van der Waals surface area (Å²) in [5.74, 6) is -0.239. The van der Waals surface area contributed by atoms with E-state index in [1.54, 1.807) is 37.3 Å². The summed E-state index contributed by atoms with van der Waals surface area (Å²) in [5.41, 5.74) is 1.87. The average Bonchev–Trinajstić information content (AvgIpc) is 3.14. The number of hydrogen-bond donors (Lipinski definition) is 1. The summed E-state index contributed by atoms with van der Waals surface area (Å²) in [6.45, 7) is 1.69. The van der Waals surface area contributed by atoms with Crippen LogP contribution in [0.25, 0.3) is 22.4 Å². The monoisotopic (exact) mass is 426 g/mol. The van der Waals surface area contributed by atoms with Gasteiger partial charge in [-0.05, 0) is 36.8 Å². The van der Waals surface area contributed by atoms with Crippen LogP contribution in [0.5, 0.6) is 5.88 Å². The zero-order valence-corrected chi connectivity index (χ0v) is 16.6. The highest BCUT2D eigenvalue weighted by Gasteiger charge is 2.20. The van der Waals surface area contributed by atoms with E-state index in [4.69, 9.17) is 20.9 Å². The predicted molar refractivity (Wildman–Crippen MR) is 109 cm³/mol. The molecule has 0 spiro atoms. The maximum absolute atomic E-state index is 13.6. The summed E-state index contributed by atoms with van der Waals surface area (Å²) in [4.78, 5) is 20.7. The molecule has 0 unspecified atom stereocenters. The Hall–Kier alpha value is -3.52. The third-order valence-corrected chi connectivity index (χ3v) is 4.47. The second kappa shape index (κ2) is 8.46. The lowest BCUT2D eigenvalue weighted by molar-refractivity contribution is -0.123. The number of hydrogen-bond acceptors (Lipinski definition) is 6. The molecule has 7 nitrogen and oxygen atoms in total. The average molecular weight is 427 g/mol. The number of halogens is 2. The van der Waals surface area contributed by atoms with E-state index in [0.29, 0.717) is 34.0 Å². The summed E-state index contributed by atoms with van der Waals surface area (Å²) in [6.07, 6.45) is 0. The zero-order chi connectivity index (χ0) is 21.1. The molecule has 0 atom stereocenters. The Kier molecular flexibility index (Phi) is 5.58. The molecule has 4 rings (SSSR count). The van der Waals surface area contributed by atoms with Gasteiger partial charge in [0.05, 0.1) is 0 Å². The molecule has 0 fully saturated rings. The minimum Gasteiger partial charge on any atom is -0.467 e. The minimum atomic E-state index is -0.417. The van der Waals surface area contributed by atoms with Crippen molar-refractivity contribution in [3.8, 4) is 17.1 Å². The number of amides is 1. The maximum Gasteiger partial charge on any atom is 0.265 e. The van der Waals surface area contributed by atoms with Crippen LogP contribution in [0.4, 0.5) is 4.39 Å². The van der Waals surface area contributed by atoms with E-state index in [2.05, 4.69) is 20.4 Å². The first-order valence-electron chi connectivity index (χ1n) is 9.03. The number of ether oxygens (including phenoxy) is 1. The van der Waals surface area contributed by atoms with E-state index in [9.17, 15) is 9.18 Å². The highest BCUT2D eigenvalue weighted by molar-refractivity contribution is 6.30. The fraction of sp³-hybridized carbons (Fsp3) is 0.143. The first-order valence-corrected chi connectivity index (χ1v) is 9.41. The fourth-order valence-electron chi connectivity index (χ4n) is 2.90. The molecule has 0 aliphatic heterocycles. The lowest BCUT2D eigenvalue weighted by Crippen LogP contribution is -2.28. The smallest absolute Gasteiger partial charge is 0.265 e. The number of rotatable bonds is 6. The van der Waals surface area contributed by atoms with Crippen LogP contribution in [-0.2, 0) is 11.3 Å². The summed E-state index contributed by atoms with van der Waals surface area (Å²) < 4.78 is 24.6. The molecule has 2 heterocycles. The second-order valence-electron chi connectivity index (χ2n) is 6.49. The van der Waals surface area contributed by atoms with Crippen molar-refractivity contribution in [3.63, 3.8) is 0 Å². The molecule has 0 saturated carbocycles. The first-order chi connectivity index (χ1) is 14.5. The van der Waals surface area contributed by atoms with Crippen LogP contribution >= 0.6 is 11.6 Å². The molecular weight excluding hydrogens is 411 g/mol. The summed E-state index contributed by atoms with van der Waals surface area (Å²) >= 11 is 5.95. The Morgan fingerprint density at radius 1 is 1.20 bits per heavy atom. The van der Waals surface area contributed by atoms with E-state index in [1.807, 2.05) is 6.07 Å². The van der Waals surface area contributed by atoms with E-state index in [1.165, 1.54) is 12.1 Å². The van der Waals surface area contributed by atoms with Crippen LogP contribution in [0.2, 0.25) is 5.02 Å². The van der Waals surface area contributed by atoms with Crippen molar-refractivity contribution < 1.29 is 18.4 Å². The van der Waals surface area contributed by atoms with Crippen molar-refractivity contribution in [2.45, 2.75) is 13.5 Å². The Bertz CT molecular complexity index is 1230. The fourth-order valence-corrected chi connectivity index (χ4v) is 3.11. The molecule has 0 radical (unpaired) electrons. The maximum atomic E-state index is 13.6. The van der Waals surface area contributed by atoms with Crippen molar-refractivity contribution in [1.29, 1.82) is 0 Å².